The van der Waals surface area contributed by atoms with Gasteiger partial charge in [-0.1, -0.05) is 54.4 Å². The lowest BCUT2D eigenvalue weighted by Crippen LogP contribution is -2.24. The second-order valence-corrected chi connectivity index (χ2v) is 9.43. The largest absolute Gasteiger partial charge is 0.360 e. The van der Waals surface area contributed by atoms with E-state index in [4.69, 9.17) is 4.52 Å². The lowest BCUT2D eigenvalue weighted by atomic mass is 10.1. The number of hydrogen-bond donors (Lipinski definition) is 1. The molecule has 1 amide bonds. The summed E-state index contributed by atoms with van der Waals surface area (Å²) in [6, 6.07) is 18.2. The van der Waals surface area contributed by atoms with Gasteiger partial charge in [-0.15, -0.1) is 11.8 Å². The molecule has 1 fully saturated rings. The summed E-state index contributed by atoms with van der Waals surface area (Å²) in [5.41, 5.74) is 4.00. The van der Waals surface area contributed by atoms with Crippen LogP contribution in [0.25, 0.3) is 0 Å². The summed E-state index contributed by atoms with van der Waals surface area (Å²) in [6.07, 6.45) is 5.33. The van der Waals surface area contributed by atoms with E-state index in [1.807, 2.05) is 37.3 Å². The third-order valence-corrected chi connectivity index (χ3v) is 6.86. The SMILES string of the molecule is Cc1cc(CSc2ccccc2C(=O)NCc2ccc(CN3CCCCCC3)cc2)on1. The summed E-state index contributed by atoms with van der Waals surface area (Å²) in [7, 11) is 0. The monoisotopic (exact) mass is 449 g/mol. The third kappa shape index (κ3) is 6.47. The topological polar surface area (TPSA) is 58.4 Å². The molecular weight excluding hydrogens is 418 g/mol. The van der Waals surface area contributed by atoms with E-state index < -0.39 is 0 Å². The number of nitrogens with zero attached hydrogens (tertiary/aromatic N) is 2. The predicted octanol–water partition coefficient (Wildman–Crippen LogP) is 5.58. The van der Waals surface area contributed by atoms with E-state index in [0.717, 1.165) is 28.5 Å². The minimum absolute atomic E-state index is 0.0597. The molecule has 3 aromatic rings. The Balaban J connectivity index is 1.30. The average Bonchev–Trinajstić information content (AvgIpc) is 3.06. The van der Waals surface area contributed by atoms with Crippen molar-refractivity contribution in [3.05, 3.63) is 82.7 Å². The molecule has 0 radical (unpaired) electrons. The number of benzene rings is 2. The molecule has 0 atom stereocenters. The summed E-state index contributed by atoms with van der Waals surface area (Å²) in [5.74, 6) is 1.39. The number of amides is 1. The van der Waals surface area contributed by atoms with Crippen molar-refractivity contribution in [1.29, 1.82) is 0 Å². The Kier molecular flexibility index (Phi) is 8.02. The van der Waals surface area contributed by atoms with Crippen molar-refractivity contribution in [1.82, 2.24) is 15.4 Å². The fraction of sp³-hybridized carbons (Fsp3) is 0.385. The molecule has 0 spiro atoms. The Bertz CT molecular complexity index is 1010. The number of rotatable bonds is 8. The molecule has 2 heterocycles. The molecule has 1 aliphatic heterocycles. The van der Waals surface area contributed by atoms with E-state index in [1.165, 1.54) is 44.3 Å². The Hall–Kier alpha value is -2.57. The number of nitrogens with one attached hydrogen (secondary N) is 1. The van der Waals surface area contributed by atoms with E-state index in [0.29, 0.717) is 17.9 Å². The normalized spacial score (nSPS) is 14.8. The van der Waals surface area contributed by atoms with Crippen LogP contribution in [0.1, 0.15) is 58.6 Å². The zero-order valence-corrected chi connectivity index (χ0v) is 19.5. The molecule has 2 aromatic carbocycles. The van der Waals surface area contributed by atoms with Gasteiger partial charge < -0.3 is 9.84 Å². The van der Waals surface area contributed by atoms with Crippen molar-refractivity contribution >= 4 is 17.7 Å². The molecule has 1 N–H and O–H groups in total. The second-order valence-electron chi connectivity index (χ2n) is 8.41. The zero-order valence-electron chi connectivity index (χ0n) is 18.7. The standard InChI is InChI=1S/C26H31N3O2S/c1-20-16-23(31-28-20)19-32-25-9-5-4-8-24(25)26(30)27-17-21-10-12-22(13-11-21)18-29-14-6-2-3-7-15-29/h4-5,8-13,16H,2-3,6-7,14-15,17-19H2,1H3,(H,27,30). The number of hydrogen-bond acceptors (Lipinski definition) is 5. The lowest BCUT2D eigenvalue weighted by molar-refractivity contribution is 0.0948. The molecule has 0 unspecified atom stereocenters. The highest BCUT2D eigenvalue weighted by Gasteiger charge is 2.13. The first-order chi connectivity index (χ1) is 15.7. The van der Waals surface area contributed by atoms with Crippen molar-refractivity contribution in [3.63, 3.8) is 0 Å². The highest BCUT2D eigenvalue weighted by Crippen LogP contribution is 2.26. The number of likely N-dealkylation sites (tertiary alicyclic amines) is 1. The van der Waals surface area contributed by atoms with Crippen LogP contribution in [0, 0.1) is 6.92 Å². The molecule has 0 bridgehead atoms. The first kappa shape index (κ1) is 22.6. The number of carbonyl (C=O) groups excluding carboxylic acids is 1. The van der Waals surface area contributed by atoms with Crippen LogP contribution in [0.4, 0.5) is 0 Å². The Morgan fingerprint density at radius 3 is 2.47 bits per heavy atom. The fourth-order valence-electron chi connectivity index (χ4n) is 4.01. The maximum atomic E-state index is 12.8. The summed E-state index contributed by atoms with van der Waals surface area (Å²) < 4.78 is 5.28. The first-order valence-electron chi connectivity index (χ1n) is 11.4. The van der Waals surface area contributed by atoms with Gasteiger partial charge in [0, 0.05) is 24.1 Å². The maximum absolute atomic E-state index is 12.8. The number of carbonyl (C=O) groups is 1. The minimum atomic E-state index is -0.0597. The molecular formula is C26H31N3O2S. The Morgan fingerprint density at radius 1 is 1.03 bits per heavy atom. The third-order valence-electron chi connectivity index (χ3n) is 5.76. The van der Waals surface area contributed by atoms with Crippen LogP contribution in [-0.4, -0.2) is 29.1 Å². The van der Waals surface area contributed by atoms with Gasteiger partial charge >= 0.3 is 0 Å². The summed E-state index contributed by atoms with van der Waals surface area (Å²) in [5, 5.41) is 6.99. The van der Waals surface area contributed by atoms with Crippen LogP contribution in [0.3, 0.4) is 0 Å². The number of aryl methyl sites for hydroxylation is 1. The quantitative estimate of drug-likeness (QED) is 0.455. The highest BCUT2D eigenvalue weighted by atomic mass is 32.2. The van der Waals surface area contributed by atoms with Crippen molar-refractivity contribution in [2.45, 2.75) is 56.3 Å². The van der Waals surface area contributed by atoms with Crippen molar-refractivity contribution < 1.29 is 9.32 Å². The molecule has 1 saturated heterocycles. The van der Waals surface area contributed by atoms with Crippen LogP contribution >= 0.6 is 11.8 Å². The second kappa shape index (κ2) is 11.3. The van der Waals surface area contributed by atoms with Crippen molar-refractivity contribution in [2.75, 3.05) is 13.1 Å². The first-order valence-corrected chi connectivity index (χ1v) is 12.4. The predicted molar refractivity (Wildman–Crippen MR) is 129 cm³/mol. The lowest BCUT2D eigenvalue weighted by Gasteiger charge is -2.19. The Labute approximate surface area is 194 Å². The zero-order chi connectivity index (χ0) is 22.2. The summed E-state index contributed by atoms with van der Waals surface area (Å²) in [6.45, 7) is 5.84. The molecule has 168 valence electrons. The van der Waals surface area contributed by atoms with Crippen LogP contribution < -0.4 is 5.32 Å². The maximum Gasteiger partial charge on any atom is 0.252 e. The van der Waals surface area contributed by atoms with Gasteiger partial charge in [0.1, 0.15) is 5.76 Å². The van der Waals surface area contributed by atoms with Gasteiger partial charge in [0.25, 0.3) is 5.91 Å². The minimum Gasteiger partial charge on any atom is -0.360 e. The van der Waals surface area contributed by atoms with Crippen molar-refractivity contribution in [2.24, 2.45) is 0 Å². The van der Waals surface area contributed by atoms with E-state index in [1.54, 1.807) is 11.8 Å². The van der Waals surface area contributed by atoms with Gasteiger partial charge in [0.2, 0.25) is 0 Å². The van der Waals surface area contributed by atoms with Crippen LogP contribution in [0.15, 0.2) is 64.0 Å². The Morgan fingerprint density at radius 2 is 1.75 bits per heavy atom. The van der Waals surface area contributed by atoms with Gasteiger partial charge in [-0.05, 0) is 56.1 Å². The van der Waals surface area contributed by atoms with E-state index in [2.05, 4.69) is 39.6 Å². The molecule has 4 rings (SSSR count). The van der Waals surface area contributed by atoms with Crippen LogP contribution in [0.2, 0.25) is 0 Å². The van der Waals surface area contributed by atoms with Gasteiger partial charge in [-0.25, -0.2) is 0 Å². The van der Waals surface area contributed by atoms with E-state index in [-0.39, 0.29) is 5.91 Å². The molecule has 6 heteroatoms. The van der Waals surface area contributed by atoms with Gasteiger partial charge in [0.15, 0.2) is 0 Å². The number of thioether (sulfide) groups is 1. The molecule has 1 aromatic heterocycles. The molecule has 0 saturated carbocycles. The smallest absolute Gasteiger partial charge is 0.252 e. The van der Waals surface area contributed by atoms with Gasteiger partial charge in [-0.3, -0.25) is 9.69 Å². The van der Waals surface area contributed by atoms with Crippen LogP contribution in [-0.2, 0) is 18.8 Å². The fourth-order valence-corrected chi connectivity index (χ4v) is 4.93. The highest BCUT2D eigenvalue weighted by molar-refractivity contribution is 7.98. The van der Waals surface area contributed by atoms with E-state index in [9.17, 15) is 4.79 Å². The van der Waals surface area contributed by atoms with E-state index >= 15 is 0 Å². The molecule has 1 aliphatic rings. The molecule has 5 nitrogen and oxygen atoms in total. The van der Waals surface area contributed by atoms with Gasteiger partial charge in [0.05, 0.1) is 17.0 Å². The average molecular weight is 450 g/mol. The van der Waals surface area contributed by atoms with Gasteiger partial charge in [-0.2, -0.15) is 0 Å². The molecule has 0 aliphatic carbocycles. The summed E-state index contributed by atoms with van der Waals surface area (Å²) >= 11 is 1.58. The summed E-state index contributed by atoms with van der Waals surface area (Å²) in [4.78, 5) is 16.3. The van der Waals surface area contributed by atoms with Crippen LogP contribution in [0.5, 0.6) is 0 Å². The number of aromatic nitrogens is 1. The van der Waals surface area contributed by atoms with Crippen molar-refractivity contribution in [3.8, 4) is 0 Å². The molecule has 32 heavy (non-hydrogen) atoms.